The van der Waals surface area contributed by atoms with Gasteiger partial charge in [-0.1, -0.05) is 6.07 Å². The van der Waals surface area contributed by atoms with Crippen LogP contribution in [0, 0.1) is 0 Å². The second kappa shape index (κ2) is 4.73. The molecule has 0 spiro atoms. The predicted molar refractivity (Wildman–Crippen MR) is 75.0 cm³/mol. The van der Waals surface area contributed by atoms with Crippen molar-refractivity contribution in [1.82, 2.24) is 5.32 Å². The number of rotatable bonds is 3. The van der Waals surface area contributed by atoms with Crippen molar-refractivity contribution in [3.05, 3.63) is 29.3 Å². The van der Waals surface area contributed by atoms with Crippen LogP contribution in [0.15, 0.2) is 18.2 Å². The van der Waals surface area contributed by atoms with Crippen LogP contribution in [0.2, 0.25) is 0 Å². The number of hydrogen-bond acceptors (Lipinski definition) is 2. The third-order valence-corrected chi connectivity index (χ3v) is 3.93. The van der Waals surface area contributed by atoms with Gasteiger partial charge in [0, 0.05) is 12.7 Å². The van der Waals surface area contributed by atoms with Crippen LogP contribution in [0.25, 0.3) is 0 Å². The number of anilines is 1. The summed E-state index contributed by atoms with van der Waals surface area (Å²) in [5, 5.41) is 3.05. The third kappa shape index (κ3) is 2.27. The Hall–Kier alpha value is -1.35. The highest BCUT2D eigenvalue weighted by molar-refractivity contribution is 5.99. The summed E-state index contributed by atoms with van der Waals surface area (Å²) >= 11 is 0. The normalized spacial score (nSPS) is 14.4. The lowest BCUT2D eigenvalue weighted by Crippen LogP contribution is -2.51. The molecule has 1 amide bonds. The van der Waals surface area contributed by atoms with E-state index in [0.29, 0.717) is 0 Å². The monoisotopic (exact) mass is 246 g/mol. The van der Waals surface area contributed by atoms with E-state index in [4.69, 9.17) is 0 Å². The molecule has 2 rings (SSSR count). The van der Waals surface area contributed by atoms with E-state index in [9.17, 15) is 4.79 Å². The summed E-state index contributed by atoms with van der Waals surface area (Å²) in [5.41, 5.74) is 3.29. The summed E-state index contributed by atoms with van der Waals surface area (Å²) in [6.45, 7) is 3.80. The maximum absolute atomic E-state index is 12.4. The molecule has 3 nitrogen and oxygen atoms in total. The average molecular weight is 246 g/mol. The van der Waals surface area contributed by atoms with Gasteiger partial charge in [-0.3, -0.25) is 4.79 Å². The molecule has 0 unspecified atom stereocenters. The molecular weight excluding hydrogens is 224 g/mol. The quantitative estimate of drug-likeness (QED) is 0.886. The maximum atomic E-state index is 12.4. The fraction of sp³-hybridized carbons (Fsp3) is 0.533. The Morgan fingerprint density at radius 2 is 1.94 bits per heavy atom. The van der Waals surface area contributed by atoms with Crippen LogP contribution in [0.5, 0.6) is 0 Å². The molecule has 0 heterocycles. The molecule has 0 atom stereocenters. The number of aryl methyl sites for hydroxylation is 2. The number of carbonyl (C=O) groups excluding carboxylic acids is 1. The van der Waals surface area contributed by atoms with Crippen molar-refractivity contribution < 1.29 is 4.79 Å². The average Bonchev–Trinajstić information content (AvgIpc) is 2.84. The Morgan fingerprint density at radius 3 is 2.61 bits per heavy atom. The fourth-order valence-corrected chi connectivity index (χ4v) is 2.41. The maximum Gasteiger partial charge on any atom is 0.246 e. The van der Waals surface area contributed by atoms with Gasteiger partial charge in [-0.15, -0.1) is 0 Å². The fourth-order valence-electron chi connectivity index (χ4n) is 2.41. The second-order valence-corrected chi connectivity index (χ2v) is 5.55. The first-order valence-corrected chi connectivity index (χ1v) is 6.54. The summed E-state index contributed by atoms with van der Waals surface area (Å²) in [6, 6.07) is 6.37. The van der Waals surface area contributed by atoms with Crippen molar-refractivity contribution >= 4 is 11.6 Å². The zero-order valence-corrected chi connectivity index (χ0v) is 11.7. The Balaban J connectivity index is 2.24. The van der Waals surface area contributed by atoms with E-state index in [1.165, 1.54) is 24.0 Å². The number of amides is 1. The summed E-state index contributed by atoms with van der Waals surface area (Å²) in [5.74, 6) is 0.0861. The van der Waals surface area contributed by atoms with E-state index < -0.39 is 5.54 Å². The second-order valence-electron chi connectivity index (χ2n) is 5.55. The summed E-state index contributed by atoms with van der Waals surface area (Å²) in [4.78, 5) is 14.1. The first kappa shape index (κ1) is 13.1. The number of nitrogens with one attached hydrogen (secondary N) is 1. The largest absolute Gasteiger partial charge is 0.314 e. The molecular formula is C15H22N2O. The number of carbonyl (C=O) groups is 1. The van der Waals surface area contributed by atoms with Crippen LogP contribution in [0.3, 0.4) is 0 Å². The van der Waals surface area contributed by atoms with E-state index in [1.54, 1.807) is 4.90 Å². The van der Waals surface area contributed by atoms with Crippen molar-refractivity contribution in [2.75, 3.05) is 19.0 Å². The minimum Gasteiger partial charge on any atom is -0.314 e. The predicted octanol–water partition coefficient (Wildman–Crippen LogP) is 2.14. The highest BCUT2D eigenvalue weighted by Crippen LogP contribution is 2.27. The molecule has 0 radical (unpaired) electrons. The van der Waals surface area contributed by atoms with Gasteiger partial charge in [0.2, 0.25) is 5.91 Å². The molecule has 1 aromatic carbocycles. The van der Waals surface area contributed by atoms with E-state index >= 15 is 0 Å². The molecule has 0 bridgehead atoms. The van der Waals surface area contributed by atoms with E-state index in [0.717, 1.165) is 12.1 Å². The first-order chi connectivity index (χ1) is 8.45. The smallest absolute Gasteiger partial charge is 0.246 e. The molecule has 98 valence electrons. The van der Waals surface area contributed by atoms with Gasteiger partial charge in [0.1, 0.15) is 0 Å². The Bertz CT molecular complexity index is 466. The van der Waals surface area contributed by atoms with Crippen LogP contribution in [0.1, 0.15) is 31.4 Å². The zero-order chi connectivity index (χ0) is 13.3. The summed E-state index contributed by atoms with van der Waals surface area (Å²) in [6.07, 6.45) is 3.55. The molecule has 1 aliphatic carbocycles. The highest BCUT2D eigenvalue weighted by Gasteiger charge is 2.29. The first-order valence-electron chi connectivity index (χ1n) is 6.54. The molecule has 0 fully saturated rings. The molecule has 0 aliphatic heterocycles. The number of fused-ring (bicyclic) bond motifs is 1. The van der Waals surface area contributed by atoms with Crippen LogP contribution in [-0.2, 0) is 17.6 Å². The third-order valence-electron chi connectivity index (χ3n) is 3.93. The minimum atomic E-state index is -0.534. The number of likely N-dealkylation sites (N-methyl/N-ethyl adjacent to an activating group) is 2. The molecule has 0 aromatic heterocycles. The van der Waals surface area contributed by atoms with Gasteiger partial charge in [-0.25, -0.2) is 0 Å². The Morgan fingerprint density at radius 1 is 1.28 bits per heavy atom. The van der Waals surface area contributed by atoms with Crippen LogP contribution in [-0.4, -0.2) is 25.5 Å². The molecule has 1 N–H and O–H groups in total. The van der Waals surface area contributed by atoms with Gasteiger partial charge in [0.05, 0.1) is 5.54 Å². The van der Waals surface area contributed by atoms with Crippen LogP contribution < -0.4 is 10.2 Å². The van der Waals surface area contributed by atoms with Crippen molar-refractivity contribution in [3.63, 3.8) is 0 Å². The summed E-state index contributed by atoms with van der Waals surface area (Å²) in [7, 11) is 3.66. The van der Waals surface area contributed by atoms with Crippen molar-refractivity contribution in [3.8, 4) is 0 Å². The van der Waals surface area contributed by atoms with Crippen molar-refractivity contribution in [2.45, 2.75) is 38.6 Å². The number of hydrogen-bond donors (Lipinski definition) is 1. The highest BCUT2D eigenvalue weighted by atomic mass is 16.2. The van der Waals surface area contributed by atoms with Gasteiger partial charge in [-0.2, -0.15) is 0 Å². The van der Waals surface area contributed by atoms with Crippen LogP contribution >= 0.6 is 0 Å². The SMILES string of the molecule is CNC(C)(C)C(=O)N(C)c1ccc2c(c1)CCC2. The van der Waals surface area contributed by atoms with Crippen LogP contribution in [0.4, 0.5) is 5.69 Å². The number of benzene rings is 1. The lowest BCUT2D eigenvalue weighted by atomic mass is 10.0. The van der Waals surface area contributed by atoms with Gasteiger partial charge in [0.15, 0.2) is 0 Å². The lowest BCUT2D eigenvalue weighted by Gasteiger charge is -2.29. The molecule has 0 saturated heterocycles. The minimum absolute atomic E-state index is 0.0861. The van der Waals surface area contributed by atoms with Crippen molar-refractivity contribution in [2.24, 2.45) is 0 Å². The van der Waals surface area contributed by atoms with E-state index in [2.05, 4.69) is 17.4 Å². The van der Waals surface area contributed by atoms with Gasteiger partial charge in [0.25, 0.3) is 0 Å². The Labute approximate surface area is 109 Å². The van der Waals surface area contributed by atoms with Gasteiger partial charge >= 0.3 is 0 Å². The van der Waals surface area contributed by atoms with Gasteiger partial charge in [-0.05, 0) is 63.4 Å². The molecule has 3 heteroatoms. The zero-order valence-electron chi connectivity index (χ0n) is 11.7. The van der Waals surface area contributed by atoms with Crippen molar-refractivity contribution in [1.29, 1.82) is 0 Å². The molecule has 1 aliphatic rings. The Kier molecular flexibility index (Phi) is 3.44. The molecule has 0 saturated carbocycles. The standard InChI is InChI=1S/C15H22N2O/c1-15(2,16-3)14(18)17(4)13-9-8-11-6-5-7-12(11)10-13/h8-10,16H,5-7H2,1-4H3. The summed E-state index contributed by atoms with van der Waals surface area (Å²) < 4.78 is 0. The topological polar surface area (TPSA) is 32.3 Å². The number of nitrogens with zero attached hydrogens (tertiary/aromatic N) is 1. The molecule has 1 aromatic rings. The molecule has 18 heavy (non-hydrogen) atoms. The van der Waals surface area contributed by atoms with Gasteiger partial charge < -0.3 is 10.2 Å². The van der Waals surface area contributed by atoms with E-state index in [-0.39, 0.29) is 5.91 Å². The van der Waals surface area contributed by atoms with E-state index in [1.807, 2.05) is 34.0 Å². The lowest BCUT2D eigenvalue weighted by molar-refractivity contribution is -0.123.